The Hall–Kier alpha value is -0.830. The lowest BCUT2D eigenvalue weighted by atomic mass is 10.2. The van der Waals surface area contributed by atoms with Gasteiger partial charge < -0.3 is 0 Å². The maximum absolute atomic E-state index is 10.4. The van der Waals surface area contributed by atoms with E-state index in [4.69, 9.17) is 5.21 Å². The fraction of sp³-hybridized carbons (Fsp3) is 0.571. The Labute approximate surface area is 60.7 Å². The van der Waals surface area contributed by atoms with Crippen LogP contribution in [0.15, 0.2) is 12.2 Å². The van der Waals surface area contributed by atoms with Crippen molar-refractivity contribution >= 4 is 5.91 Å². The molecule has 0 aromatic rings. The van der Waals surface area contributed by atoms with Crippen molar-refractivity contribution < 1.29 is 10.0 Å². The lowest BCUT2D eigenvalue weighted by molar-refractivity contribution is -0.129. The summed E-state index contributed by atoms with van der Waals surface area (Å²) in [5.74, 6) is -0.333. The molecule has 3 nitrogen and oxygen atoms in total. The molecule has 0 bridgehead atoms. The van der Waals surface area contributed by atoms with E-state index in [0.29, 0.717) is 12.8 Å². The Bertz CT molecular complexity index is 121. The van der Waals surface area contributed by atoms with Crippen molar-refractivity contribution in [2.45, 2.75) is 26.2 Å². The van der Waals surface area contributed by atoms with E-state index in [-0.39, 0.29) is 5.91 Å². The van der Waals surface area contributed by atoms with Crippen LogP contribution in [0.1, 0.15) is 26.2 Å². The first-order valence-corrected chi connectivity index (χ1v) is 3.39. The maximum Gasteiger partial charge on any atom is 0.243 e. The SMILES string of the molecule is CCC=CCCC(=O)NO. The van der Waals surface area contributed by atoms with Gasteiger partial charge in [-0.3, -0.25) is 10.0 Å². The van der Waals surface area contributed by atoms with Crippen LogP contribution in [0, 0.1) is 0 Å². The molecule has 0 rings (SSSR count). The third-order valence-corrected chi connectivity index (χ3v) is 1.07. The zero-order valence-electron chi connectivity index (χ0n) is 6.13. The van der Waals surface area contributed by atoms with Gasteiger partial charge in [-0.15, -0.1) is 0 Å². The summed E-state index contributed by atoms with van der Waals surface area (Å²) in [5, 5.41) is 8.07. The highest BCUT2D eigenvalue weighted by Gasteiger charge is 1.93. The second-order valence-corrected chi connectivity index (χ2v) is 1.95. The second kappa shape index (κ2) is 6.29. The van der Waals surface area contributed by atoms with E-state index in [1.165, 1.54) is 0 Å². The molecule has 0 unspecified atom stereocenters. The number of hydrogen-bond donors (Lipinski definition) is 2. The van der Waals surface area contributed by atoms with Gasteiger partial charge in [0.1, 0.15) is 0 Å². The van der Waals surface area contributed by atoms with Gasteiger partial charge in [0.15, 0.2) is 0 Å². The lowest BCUT2D eigenvalue weighted by Gasteiger charge is -1.92. The van der Waals surface area contributed by atoms with Crippen molar-refractivity contribution in [1.29, 1.82) is 0 Å². The van der Waals surface area contributed by atoms with Crippen molar-refractivity contribution in [3.63, 3.8) is 0 Å². The fourth-order valence-corrected chi connectivity index (χ4v) is 0.555. The number of hydroxylamine groups is 1. The van der Waals surface area contributed by atoms with E-state index < -0.39 is 0 Å². The van der Waals surface area contributed by atoms with E-state index in [2.05, 4.69) is 0 Å². The topological polar surface area (TPSA) is 49.3 Å². The van der Waals surface area contributed by atoms with E-state index in [0.717, 1.165) is 6.42 Å². The predicted molar refractivity (Wildman–Crippen MR) is 38.6 cm³/mol. The number of carbonyl (C=O) groups excluding carboxylic acids is 1. The summed E-state index contributed by atoms with van der Waals surface area (Å²) >= 11 is 0. The normalized spacial score (nSPS) is 10.2. The fourth-order valence-electron chi connectivity index (χ4n) is 0.555. The van der Waals surface area contributed by atoms with Crippen LogP contribution in [-0.2, 0) is 4.79 Å². The van der Waals surface area contributed by atoms with Gasteiger partial charge in [0.05, 0.1) is 0 Å². The average molecular weight is 143 g/mol. The highest BCUT2D eigenvalue weighted by molar-refractivity contribution is 5.74. The molecule has 0 aliphatic heterocycles. The molecule has 0 fully saturated rings. The van der Waals surface area contributed by atoms with E-state index in [1.54, 1.807) is 5.48 Å². The average Bonchev–Trinajstić information content (AvgIpc) is 1.98. The van der Waals surface area contributed by atoms with E-state index in [1.807, 2.05) is 19.1 Å². The predicted octanol–water partition coefficient (Wildman–Crippen LogP) is 1.24. The Morgan fingerprint density at radius 1 is 1.60 bits per heavy atom. The monoisotopic (exact) mass is 143 g/mol. The minimum atomic E-state index is -0.333. The van der Waals surface area contributed by atoms with Crippen LogP contribution in [0.25, 0.3) is 0 Å². The van der Waals surface area contributed by atoms with Gasteiger partial charge in [-0.25, -0.2) is 5.48 Å². The summed E-state index contributed by atoms with van der Waals surface area (Å²) in [5.41, 5.74) is 1.57. The first-order valence-electron chi connectivity index (χ1n) is 3.39. The first-order chi connectivity index (χ1) is 4.81. The van der Waals surface area contributed by atoms with Gasteiger partial charge in [0, 0.05) is 6.42 Å². The van der Waals surface area contributed by atoms with Crippen molar-refractivity contribution in [2.24, 2.45) is 0 Å². The minimum Gasteiger partial charge on any atom is -0.289 e. The minimum absolute atomic E-state index is 0.333. The molecular formula is C7H13NO2. The highest BCUT2D eigenvalue weighted by Crippen LogP contribution is 1.91. The summed E-state index contributed by atoms with van der Waals surface area (Å²) in [4.78, 5) is 10.4. The molecule has 0 radical (unpaired) electrons. The molecule has 0 saturated heterocycles. The van der Waals surface area contributed by atoms with E-state index >= 15 is 0 Å². The largest absolute Gasteiger partial charge is 0.289 e. The molecule has 2 N–H and O–H groups in total. The van der Waals surface area contributed by atoms with Crippen molar-refractivity contribution in [1.82, 2.24) is 5.48 Å². The van der Waals surface area contributed by atoms with Crippen LogP contribution in [0.2, 0.25) is 0 Å². The number of amides is 1. The van der Waals surface area contributed by atoms with Crippen molar-refractivity contribution in [3.8, 4) is 0 Å². The molecule has 0 aromatic heterocycles. The maximum atomic E-state index is 10.4. The summed E-state index contributed by atoms with van der Waals surface area (Å²) in [6.45, 7) is 2.03. The van der Waals surface area contributed by atoms with Crippen molar-refractivity contribution in [2.75, 3.05) is 0 Å². The molecule has 0 atom stereocenters. The number of carbonyl (C=O) groups is 1. The molecule has 3 heteroatoms. The van der Waals surface area contributed by atoms with Crippen LogP contribution in [0.5, 0.6) is 0 Å². The second-order valence-electron chi connectivity index (χ2n) is 1.95. The third kappa shape index (κ3) is 5.31. The van der Waals surface area contributed by atoms with Gasteiger partial charge in [-0.05, 0) is 12.8 Å². The van der Waals surface area contributed by atoms with Gasteiger partial charge in [-0.2, -0.15) is 0 Å². The van der Waals surface area contributed by atoms with Crippen molar-refractivity contribution in [3.05, 3.63) is 12.2 Å². The smallest absolute Gasteiger partial charge is 0.243 e. The Morgan fingerprint density at radius 2 is 2.30 bits per heavy atom. The van der Waals surface area contributed by atoms with Crippen LogP contribution >= 0.6 is 0 Å². The highest BCUT2D eigenvalue weighted by atomic mass is 16.5. The lowest BCUT2D eigenvalue weighted by Crippen LogP contribution is -2.17. The number of allylic oxidation sites excluding steroid dienone is 2. The zero-order valence-corrected chi connectivity index (χ0v) is 6.13. The summed E-state index contributed by atoms with van der Waals surface area (Å²) < 4.78 is 0. The molecule has 10 heavy (non-hydrogen) atoms. The number of nitrogens with one attached hydrogen (secondary N) is 1. The molecular weight excluding hydrogens is 130 g/mol. The van der Waals surface area contributed by atoms with Crippen LogP contribution in [-0.4, -0.2) is 11.1 Å². The van der Waals surface area contributed by atoms with Crippen LogP contribution < -0.4 is 5.48 Å². The van der Waals surface area contributed by atoms with E-state index in [9.17, 15) is 4.79 Å². The molecule has 0 heterocycles. The Morgan fingerprint density at radius 3 is 2.80 bits per heavy atom. The Balaban J connectivity index is 3.19. The summed E-state index contributed by atoms with van der Waals surface area (Å²) in [7, 11) is 0. The van der Waals surface area contributed by atoms with Gasteiger partial charge in [0.25, 0.3) is 0 Å². The molecule has 0 aromatic carbocycles. The summed E-state index contributed by atoms with van der Waals surface area (Å²) in [6.07, 6.45) is 5.95. The molecule has 0 aliphatic rings. The first kappa shape index (κ1) is 9.17. The number of hydrogen-bond acceptors (Lipinski definition) is 2. The molecule has 1 amide bonds. The van der Waals surface area contributed by atoms with Gasteiger partial charge in [0.2, 0.25) is 5.91 Å². The van der Waals surface area contributed by atoms with Gasteiger partial charge in [-0.1, -0.05) is 19.1 Å². The zero-order chi connectivity index (χ0) is 7.82. The van der Waals surface area contributed by atoms with Crippen LogP contribution in [0.3, 0.4) is 0 Å². The number of rotatable bonds is 4. The molecule has 58 valence electrons. The van der Waals surface area contributed by atoms with Crippen LogP contribution in [0.4, 0.5) is 0 Å². The molecule has 0 spiro atoms. The molecule has 0 aliphatic carbocycles. The molecule has 0 saturated carbocycles. The quantitative estimate of drug-likeness (QED) is 0.353. The van der Waals surface area contributed by atoms with Gasteiger partial charge >= 0.3 is 0 Å². The standard InChI is InChI=1S/C7H13NO2/c1-2-3-4-5-6-7(9)8-10/h3-4,10H,2,5-6H2,1H3,(H,8,9). The summed E-state index contributed by atoms with van der Waals surface area (Å²) in [6, 6.07) is 0. The Kier molecular flexibility index (Phi) is 5.77. The third-order valence-electron chi connectivity index (χ3n) is 1.07.